The molecule has 1 aliphatic carbocycles. The molecular weight excluding hydrogens is 246 g/mol. The summed E-state index contributed by atoms with van der Waals surface area (Å²) in [5, 5.41) is 21.8. The summed E-state index contributed by atoms with van der Waals surface area (Å²) in [4.78, 5) is 23.0. The lowest BCUT2D eigenvalue weighted by atomic mass is 9.94. The Kier molecular flexibility index (Phi) is 4.30. The van der Waals surface area contributed by atoms with Crippen LogP contribution >= 0.6 is 0 Å². The minimum absolute atomic E-state index is 0.156. The van der Waals surface area contributed by atoms with E-state index in [1.165, 1.54) is 0 Å². The molecule has 0 bridgehead atoms. The van der Waals surface area contributed by atoms with E-state index in [1.54, 1.807) is 20.8 Å². The Morgan fingerprint density at radius 3 is 2.21 bits per heavy atom. The lowest BCUT2D eigenvalue weighted by Crippen LogP contribution is -2.42. The van der Waals surface area contributed by atoms with Gasteiger partial charge in [-0.15, -0.1) is 0 Å². The van der Waals surface area contributed by atoms with Crippen LogP contribution in [-0.4, -0.2) is 34.2 Å². The van der Waals surface area contributed by atoms with Crippen molar-refractivity contribution < 1.29 is 19.8 Å². The molecule has 19 heavy (non-hydrogen) atoms. The van der Waals surface area contributed by atoms with E-state index in [-0.39, 0.29) is 12.5 Å². The summed E-state index contributed by atoms with van der Waals surface area (Å²) >= 11 is 0. The third-order valence-corrected chi connectivity index (χ3v) is 3.87. The molecule has 0 aromatic carbocycles. The summed E-state index contributed by atoms with van der Waals surface area (Å²) in [6.07, 6.45) is 0.587. The standard InChI is InChI=1S/C14H25NO4/c1-8(2)6-14(5,19)7-15-11(16)9-10(12(17)18)13(9,3)4/h8-10,19H,6-7H2,1-5H3,(H,15,16)(H,17,18)/t9-,10+,14?/m1/s1. The molecule has 0 radical (unpaired) electrons. The molecule has 0 spiro atoms. The molecular formula is C14H25NO4. The van der Waals surface area contributed by atoms with Gasteiger partial charge in [0.1, 0.15) is 0 Å². The largest absolute Gasteiger partial charge is 0.481 e. The Morgan fingerprint density at radius 1 is 1.32 bits per heavy atom. The van der Waals surface area contributed by atoms with Crippen molar-refractivity contribution in [2.75, 3.05) is 6.54 Å². The second-order valence-corrected chi connectivity index (χ2v) is 6.93. The lowest BCUT2D eigenvalue weighted by molar-refractivity contribution is -0.140. The number of aliphatic carboxylic acids is 1. The fourth-order valence-corrected chi connectivity index (χ4v) is 2.93. The average Bonchev–Trinajstić information content (AvgIpc) is 2.76. The van der Waals surface area contributed by atoms with E-state index in [1.807, 2.05) is 13.8 Å². The lowest BCUT2D eigenvalue weighted by Gasteiger charge is -2.25. The predicted molar refractivity (Wildman–Crippen MR) is 71.5 cm³/mol. The molecule has 0 saturated heterocycles. The van der Waals surface area contributed by atoms with Gasteiger partial charge in [0.2, 0.25) is 5.91 Å². The van der Waals surface area contributed by atoms with Crippen LogP contribution in [0.3, 0.4) is 0 Å². The number of rotatable bonds is 6. The van der Waals surface area contributed by atoms with E-state index in [0.29, 0.717) is 12.3 Å². The molecule has 1 rings (SSSR count). The highest BCUT2D eigenvalue weighted by atomic mass is 16.4. The molecule has 0 aromatic heterocycles. The summed E-state index contributed by atoms with van der Waals surface area (Å²) in [6, 6.07) is 0. The van der Waals surface area contributed by atoms with Gasteiger partial charge in [0.05, 0.1) is 17.4 Å². The fourth-order valence-electron chi connectivity index (χ4n) is 2.93. The topological polar surface area (TPSA) is 86.6 Å². The minimum Gasteiger partial charge on any atom is -0.481 e. The number of nitrogens with one attached hydrogen (secondary N) is 1. The van der Waals surface area contributed by atoms with Crippen LogP contribution in [0.5, 0.6) is 0 Å². The number of carboxylic acid groups (broad SMARTS) is 1. The van der Waals surface area contributed by atoms with Gasteiger partial charge in [0, 0.05) is 6.54 Å². The second kappa shape index (κ2) is 5.12. The zero-order valence-corrected chi connectivity index (χ0v) is 12.4. The Hall–Kier alpha value is -1.10. The van der Waals surface area contributed by atoms with Crippen LogP contribution in [-0.2, 0) is 9.59 Å². The highest BCUT2D eigenvalue weighted by Crippen LogP contribution is 2.58. The summed E-state index contributed by atoms with van der Waals surface area (Å²) in [5.74, 6) is -2.00. The quantitative estimate of drug-likeness (QED) is 0.678. The van der Waals surface area contributed by atoms with Gasteiger partial charge in [0.15, 0.2) is 0 Å². The Morgan fingerprint density at radius 2 is 1.84 bits per heavy atom. The van der Waals surface area contributed by atoms with Gasteiger partial charge in [-0.25, -0.2) is 0 Å². The van der Waals surface area contributed by atoms with Gasteiger partial charge in [-0.05, 0) is 24.7 Å². The van der Waals surface area contributed by atoms with Gasteiger partial charge < -0.3 is 15.5 Å². The first-order valence-electron chi connectivity index (χ1n) is 6.72. The molecule has 1 aliphatic rings. The molecule has 1 fully saturated rings. The van der Waals surface area contributed by atoms with Gasteiger partial charge in [-0.3, -0.25) is 9.59 Å². The predicted octanol–water partition coefficient (Wildman–Crippen LogP) is 1.26. The zero-order valence-electron chi connectivity index (χ0n) is 12.4. The van der Waals surface area contributed by atoms with Gasteiger partial charge in [-0.2, -0.15) is 0 Å². The summed E-state index contributed by atoms with van der Waals surface area (Å²) in [5.41, 5.74) is -1.46. The van der Waals surface area contributed by atoms with Crippen molar-refractivity contribution in [1.82, 2.24) is 5.32 Å². The minimum atomic E-state index is -0.957. The van der Waals surface area contributed by atoms with E-state index in [0.717, 1.165) is 0 Å². The van der Waals surface area contributed by atoms with E-state index < -0.39 is 28.8 Å². The zero-order chi connectivity index (χ0) is 15.0. The highest BCUT2D eigenvalue weighted by molar-refractivity contribution is 5.91. The first-order valence-corrected chi connectivity index (χ1v) is 6.72. The third kappa shape index (κ3) is 3.69. The highest BCUT2D eigenvalue weighted by Gasteiger charge is 2.65. The van der Waals surface area contributed by atoms with Crippen molar-refractivity contribution in [1.29, 1.82) is 0 Å². The Labute approximate surface area is 114 Å². The maximum Gasteiger partial charge on any atom is 0.307 e. The van der Waals surface area contributed by atoms with Gasteiger partial charge in [0.25, 0.3) is 0 Å². The molecule has 3 N–H and O–H groups in total. The monoisotopic (exact) mass is 271 g/mol. The molecule has 5 heteroatoms. The maximum atomic E-state index is 12.0. The molecule has 3 atom stereocenters. The second-order valence-electron chi connectivity index (χ2n) is 6.93. The fraction of sp³-hybridized carbons (Fsp3) is 0.857. The number of carbonyl (C=O) groups is 2. The number of aliphatic hydroxyl groups is 1. The first kappa shape index (κ1) is 16.0. The Balaban J connectivity index is 2.52. The van der Waals surface area contributed by atoms with Crippen LogP contribution in [0.1, 0.15) is 41.0 Å². The van der Waals surface area contributed by atoms with Gasteiger partial charge in [-0.1, -0.05) is 27.7 Å². The molecule has 0 heterocycles. The van der Waals surface area contributed by atoms with Crippen LogP contribution in [0.25, 0.3) is 0 Å². The average molecular weight is 271 g/mol. The van der Waals surface area contributed by atoms with Crippen molar-refractivity contribution >= 4 is 11.9 Å². The number of hydrogen-bond donors (Lipinski definition) is 3. The Bertz CT molecular complexity index is 374. The van der Waals surface area contributed by atoms with Crippen molar-refractivity contribution in [3.8, 4) is 0 Å². The van der Waals surface area contributed by atoms with Crippen molar-refractivity contribution in [2.24, 2.45) is 23.2 Å². The van der Waals surface area contributed by atoms with Crippen LogP contribution in [0, 0.1) is 23.2 Å². The molecule has 1 saturated carbocycles. The van der Waals surface area contributed by atoms with Crippen molar-refractivity contribution in [3.05, 3.63) is 0 Å². The van der Waals surface area contributed by atoms with Crippen LogP contribution < -0.4 is 5.32 Å². The SMILES string of the molecule is CC(C)CC(C)(O)CNC(=O)[C@H]1[C@@H](C(=O)O)C1(C)C. The number of hydrogen-bond acceptors (Lipinski definition) is 3. The smallest absolute Gasteiger partial charge is 0.307 e. The maximum absolute atomic E-state index is 12.0. The molecule has 110 valence electrons. The van der Waals surface area contributed by atoms with E-state index in [4.69, 9.17) is 5.11 Å². The number of carboxylic acids is 1. The van der Waals surface area contributed by atoms with Crippen LogP contribution in [0.15, 0.2) is 0 Å². The van der Waals surface area contributed by atoms with Crippen molar-refractivity contribution in [2.45, 2.75) is 46.6 Å². The third-order valence-electron chi connectivity index (χ3n) is 3.87. The van der Waals surface area contributed by atoms with Crippen LogP contribution in [0.4, 0.5) is 0 Å². The first-order chi connectivity index (χ1) is 8.49. The molecule has 1 unspecified atom stereocenters. The molecule has 1 amide bonds. The molecule has 0 aliphatic heterocycles. The van der Waals surface area contributed by atoms with Gasteiger partial charge >= 0.3 is 5.97 Å². The van der Waals surface area contributed by atoms with E-state index >= 15 is 0 Å². The van der Waals surface area contributed by atoms with Crippen molar-refractivity contribution in [3.63, 3.8) is 0 Å². The summed E-state index contributed by atoms with van der Waals surface area (Å²) in [6.45, 7) is 9.40. The number of carbonyl (C=O) groups excluding carboxylic acids is 1. The summed E-state index contributed by atoms with van der Waals surface area (Å²) in [7, 11) is 0. The summed E-state index contributed by atoms with van der Waals surface area (Å²) < 4.78 is 0. The number of amides is 1. The molecule has 5 nitrogen and oxygen atoms in total. The molecule has 0 aromatic rings. The van der Waals surface area contributed by atoms with E-state index in [2.05, 4.69) is 5.32 Å². The van der Waals surface area contributed by atoms with E-state index in [9.17, 15) is 14.7 Å². The normalized spacial score (nSPS) is 27.7. The van der Waals surface area contributed by atoms with Crippen LogP contribution in [0.2, 0.25) is 0 Å².